The maximum atomic E-state index is 11.5. The van der Waals surface area contributed by atoms with Gasteiger partial charge in [-0.2, -0.15) is 4.89 Å². The summed E-state index contributed by atoms with van der Waals surface area (Å²) in [4.78, 5) is 21.3. The van der Waals surface area contributed by atoms with Crippen LogP contribution in [0.2, 0.25) is 0 Å². The van der Waals surface area contributed by atoms with E-state index in [1.54, 1.807) is 0 Å². The van der Waals surface area contributed by atoms with Crippen molar-refractivity contribution in [2.24, 2.45) is 0 Å². The molecule has 1 rings (SSSR count). The van der Waals surface area contributed by atoms with Gasteiger partial charge >= 0.3 is 5.97 Å². The Bertz CT molecular complexity index is 299. The van der Waals surface area contributed by atoms with Crippen LogP contribution in [0.1, 0.15) is 103 Å². The Labute approximate surface area is 142 Å². The first-order chi connectivity index (χ1) is 11.4. The first-order valence-corrected chi connectivity index (χ1v) is 9.87. The minimum Gasteiger partial charge on any atom is -0.298 e. The van der Waals surface area contributed by atoms with Crippen LogP contribution in [0, 0.1) is 0 Å². The molecule has 0 aliphatic carbocycles. The third-order valence-corrected chi connectivity index (χ3v) is 4.42. The standard InChI is InChI=1S/C20H36O3/c21-20-18-16-14-12-10-8-6-4-2-1-3-5-7-9-11-13-15-17-19-22-23-20/h2,4H,1,3,5-19H2. The minimum absolute atomic E-state index is 0.213. The first kappa shape index (κ1) is 20.2. The molecule has 0 aromatic heterocycles. The van der Waals surface area contributed by atoms with Gasteiger partial charge in [0.2, 0.25) is 0 Å². The molecule has 1 aliphatic heterocycles. The quantitative estimate of drug-likeness (QED) is 0.389. The van der Waals surface area contributed by atoms with E-state index in [9.17, 15) is 4.79 Å². The topological polar surface area (TPSA) is 35.5 Å². The second-order valence-electron chi connectivity index (χ2n) is 6.67. The maximum absolute atomic E-state index is 11.5. The van der Waals surface area contributed by atoms with Crippen molar-refractivity contribution in [3.05, 3.63) is 12.2 Å². The molecule has 0 unspecified atom stereocenters. The highest BCUT2D eigenvalue weighted by atomic mass is 17.2. The summed E-state index contributed by atoms with van der Waals surface area (Å²) in [5, 5.41) is 0. The van der Waals surface area contributed by atoms with Crippen molar-refractivity contribution in [1.29, 1.82) is 0 Å². The lowest BCUT2D eigenvalue weighted by atomic mass is 10.1. The van der Waals surface area contributed by atoms with Crippen LogP contribution in [0.25, 0.3) is 0 Å². The van der Waals surface area contributed by atoms with E-state index >= 15 is 0 Å². The van der Waals surface area contributed by atoms with E-state index in [1.165, 1.54) is 77.0 Å². The average molecular weight is 325 g/mol. The van der Waals surface area contributed by atoms with E-state index in [0.717, 1.165) is 19.3 Å². The smallest absolute Gasteiger partial charge is 0.298 e. The van der Waals surface area contributed by atoms with Gasteiger partial charge in [-0.1, -0.05) is 69.9 Å². The second kappa shape index (κ2) is 16.0. The molecule has 0 aromatic carbocycles. The van der Waals surface area contributed by atoms with Crippen LogP contribution >= 0.6 is 0 Å². The van der Waals surface area contributed by atoms with Crippen molar-refractivity contribution in [3.63, 3.8) is 0 Å². The van der Waals surface area contributed by atoms with Gasteiger partial charge in [0.25, 0.3) is 0 Å². The number of carbonyl (C=O) groups is 1. The number of allylic oxidation sites excluding steroid dienone is 2. The number of hydrogen-bond acceptors (Lipinski definition) is 3. The molecule has 1 heterocycles. The third kappa shape index (κ3) is 14.5. The van der Waals surface area contributed by atoms with E-state index in [2.05, 4.69) is 12.2 Å². The number of hydrogen-bond donors (Lipinski definition) is 0. The van der Waals surface area contributed by atoms with E-state index in [0.29, 0.717) is 13.0 Å². The molecule has 0 N–H and O–H groups in total. The van der Waals surface area contributed by atoms with E-state index in [1.807, 2.05) is 0 Å². The molecule has 3 nitrogen and oxygen atoms in total. The molecule has 0 radical (unpaired) electrons. The van der Waals surface area contributed by atoms with Gasteiger partial charge in [-0.05, 0) is 38.5 Å². The molecule has 134 valence electrons. The fraction of sp³-hybridized carbons (Fsp3) is 0.850. The van der Waals surface area contributed by atoms with Crippen LogP contribution in [-0.4, -0.2) is 12.6 Å². The van der Waals surface area contributed by atoms with E-state index < -0.39 is 0 Å². The molecule has 0 aromatic rings. The van der Waals surface area contributed by atoms with Crippen LogP contribution in [0.15, 0.2) is 12.2 Å². The van der Waals surface area contributed by atoms with Gasteiger partial charge in [0.15, 0.2) is 0 Å². The largest absolute Gasteiger partial charge is 0.342 e. The summed E-state index contributed by atoms with van der Waals surface area (Å²) in [5.41, 5.74) is 0. The molecule has 0 spiro atoms. The Kier molecular flexibility index (Phi) is 14.1. The summed E-state index contributed by atoms with van der Waals surface area (Å²) in [7, 11) is 0. The lowest BCUT2D eigenvalue weighted by Gasteiger charge is -2.05. The zero-order valence-corrected chi connectivity index (χ0v) is 14.9. The fourth-order valence-corrected chi connectivity index (χ4v) is 2.93. The Balaban J connectivity index is 2.13. The molecule has 1 aliphatic rings. The normalized spacial score (nSPS) is 22.5. The molecule has 0 amide bonds. The summed E-state index contributed by atoms with van der Waals surface area (Å²) in [6.07, 6.45) is 23.6. The van der Waals surface area contributed by atoms with Crippen LogP contribution in [0.3, 0.4) is 0 Å². The summed E-state index contributed by atoms with van der Waals surface area (Å²) in [6.45, 7) is 0.540. The van der Waals surface area contributed by atoms with Gasteiger partial charge < -0.3 is 0 Å². The molecular formula is C20H36O3. The molecule has 0 fully saturated rings. The number of rotatable bonds is 0. The summed E-state index contributed by atoms with van der Waals surface area (Å²) in [5.74, 6) is -0.213. The highest BCUT2D eigenvalue weighted by Crippen LogP contribution is 2.12. The van der Waals surface area contributed by atoms with Crippen molar-refractivity contribution in [2.75, 3.05) is 6.61 Å². The Morgan fingerprint density at radius 3 is 1.70 bits per heavy atom. The lowest BCUT2D eigenvalue weighted by Crippen LogP contribution is -2.06. The van der Waals surface area contributed by atoms with Gasteiger partial charge in [0, 0.05) is 6.42 Å². The summed E-state index contributed by atoms with van der Waals surface area (Å²) >= 11 is 0. The molecule has 0 atom stereocenters. The van der Waals surface area contributed by atoms with Gasteiger partial charge in [-0.15, -0.1) is 0 Å². The maximum Gasteiger partial charge on any atom is 0.342 e. The highest BCUT2D eigenvalue weighted by Gasteiger charge is 2.03. The van der Waals surface area contributed by atoms with Gasteiger partial charge in [-0.3, -0.25) is 4.89 Å². The van der Waals surface area contributed by atoms with Crippen LogP contribution < -0.4 is 0 Å². The van der Waals surface area contributed by atoms with Crippen LogP contribution in [0.4, 0.5) is 0 Å². The first-order valence-electron chi connectivity index (χ1n) is 9.87. The van der Waals surface area contributed by atoms with Gasteiger partial charge in [0.05, 0.1) is 6.61 Å². The second-order valence-corrected chi connectivity index (χ2v) is 6.67. The molecule has 0 saturated heterocycles. The van der Waals surface area contributed by atoms with Crippen molar-refractivity contribution in [1.82, 2.24) is 0 Å². The molecule has 3 heteroatoms. The minimum atomic E-state index is -0.213. The van der Waals surface area contributed by atoms with Crippen molar-refractivity contribution in [2.45, 2.75) is 103 Å². The van der Waals surface area contributed by atoms with E-state index in [-0.39, 0.29) is 5.97 Å². The highest BCUT2D eigenvalue weighted by molar-refractivity contribution is 5.68. The predicted molar refractivity (Wildman–Crippen MR) is 95.1 cm³/mol. The van der Waals surface area contributed by atoms with Crippen LogP contribution in [0.5, 0.6) is 0 Å². The Morgan fingerprint density at radius 2 is 1.09 bits per heavy atom. The monoisotopic (exact) mass is 324 g/mol. The van der Waals surface area contributed by atoms with Crippen molar-refractivity contribution >= 4 is 5.97 Å². The zero-order valence-electron chi connectivity index (χ0n) is 14.9. The van der Waals surface area contributed by atoms with Gasteiger partial charge in [0.1, 0.15) is 0 Å². The fourth-order valence-electron chi connectivity index (χ4n) is 2.93. The summed E-state index contributed by atoms with van der Waals surface area (Å²) < 4.78 is 0. The Morgan fingerprint density at radius 1 is 0.609 bits per heavy atom. The predicted octanol–water partition coefficient (Wildman–Crippen LogP) is 6.27. The zero-order chi connectivity index (χ0) is 16.4. The van der Waals surface area contributed by atoms with Crippen molar-refractivity contribution < 1.29 is 14.6 Å². The van der Waals surface area contributed by atoms with E-state index in [4.69, 9.17) is 9.78 Å². The van der Waals surface area contributed by atoms with Crippen molar-refractivity contribution in [3.8, 4) is 0 Å². The third-order valence-electron chi connectivity index (χ3n) is 4.42. The average Bonchev–Trinajstić information content (AvgIpc) is 2.55. The molecular weight excluding hydrogens is 288 g/mol. The summed E-state index contributed by atoms with van der Waals surface area (Å²) in [6, 6.07) is 0. The number of carbonyl (C=O) groups excluding carboxylic acids is 1. The molecule has 0 saturated carbocycles. The lowest BCUT2D eigenvalue weighted by molar-refractivity contribution is -0.272. The molecule has 0 bridgehead atoms. The van der Waals surface area contributed by atoms with Crippen LogP contribution in [-0.2, 0) is 14.6 Å². The Hall–Kier alpha value is -0.830. The van der Waals surface area contributed by atoms with Gasteiger partial charge in [-0.25, -0.2) is 4.79 Å². The molecule has 23 heavy (non-hydrogen) atoms. The SMILES string of the molecule is O=C1CCCCCCCC=CCCCCCCCCCCOO1.